The van der Waals surface area contributed by atoms with Gasteiger partial charge in [0.05, 0.1) is 11.9 Å². The molecule has 0 radical (unpaired) electrons. The first-order valence-corrected chi connectivity index (χ1v) is 13.4. The number of aryl methyl sites for hydroxylation is 1. The Morgan fingerprint density at radius 2 is 1.79 bits per heavy atom. The predicted molar refractivity (Wildman–Crippen MR) is 136 cm³/mol. The Morgan fingerprint density at radius 3 is 2.45 bits per heavy atom. The maximum atomic E-state index is 14.0. The Kier molecular flexibility index (Phi) is 6.43. The summed E-state index contributed by atoms with van der Waals surface area (Å²) in [6, 6.07) is -0.864. The van der Waals surface area contributed by atoms with E-state index in [4.69, 9.17) is 4.74 Å². The van der Waals surface area contributed by atoms with Crippen LogP contribution in [0, 0.1) is 6.92 Å². The van der Waals surface area contributed by atoms with Crippen molar-refractivity contribution >= 4 is 35.5 Å². The highest BCUT2D eigenvalue weighted by Crippen LogP contribution is 2.50. The van der Waals surface area contributed by atoms with Crippen LogP contribution in [0.25, 0.3) is 0 Å². The molecule has 11 heteroatoms. The van der Waals surface area contributed by atoms with Crippen molar-refractivity contribution in [2.45, 2.75) is 108 Å². The monoisotopic (exact) mass is 525 g/mol. The molecule has 1 N–H and O–H groups in total. The van der Waals surface area contributed by atoms with Crippen LogP contribution >= 0.6 is 0 Å². The first-order chi connectivity index (χ1) is 17.9. The van der Waals surface area contributed by atoms with Crippen LogP contribution in [0.2, 0.25) is 0 Å². The van der Waals surface area contributed by atoms with Crippen molar-refractivity contribution in [2.75, 3.05) is 4.90 Å². The number of alkyl carbamates (subject to hydrolysis) is 1. The minimum atomic E-state index is -1.20. The van der Waals surface area contributed by atoms with Crippen molar-refractivity contribution in [1.82, 2.24) is 20.1 Å². The Morgan fingerprint density at radius 1 is 1.08 bits per heavy atom. The quantitative estimate of drug-likeness (QED) is 0.601. The van der Waals surface area contributed by atoms with E-state index in [9.17, 15) is 24.0 Å². The van der Waals surface area contributed by atoms with Gasteiger partial charge in [-0.1, -0.05) is 12.8 Å². The number of rotatable bonds is 3. The van der Waals surface area contributed by atoms with Gasteiger partial charge in [0.2, 0.25) is 5.91 Å². The van der Waals surface area contributed by atoms with Crippen molar-refractivity contribution < 1.29 is 28.7 Å². The Balaban J connectivity index is 1.41. The molecule has 1 aromatic rings. The number of anilines is 1. The number of nitrogens with zero attached hydrogens (tertiary/aromatic N) is 4. The van der Waals surface area contributed by atoms with Crippen molar-refractivity contribution in [2.24, 2.45) is 0 Å². The van der Waals surface area contributed by atoms with Crippen LogP contribution in [-0.4, -0.2) is 73.9 Å². The van der Waals surface area contributed by atoms with Crippen LogP contribution in [0.3, 0.4) is 0 Å². The summed E-state index contributed by atoms with van der Waals surface area (Å²) in [4.78, 5) is 75.2. The van der Waals surface area contributed by atoms with E-state index in [0.29, 0.717) is 43.4 Å². The van der Waals surface area contributed by atoms with Crippen molar-refractivity contribution in [1.29, 1.82) is 0 Å². The van der Waals surface area contributed by atoms with E-state index in [1.807, 2.05) is 0 Å². The molecule has 0 aromatic carbocycles. The van der Waals surface area contributed by atoms with E-state index >= 15 is 0 Å². The fraction of sp³-hybridized carbons (Fsp3) is 0.630. The number of ether oxygens (including phenoxy) is 1. The summed E-state index contributed by atoms with van der Waals surface area (Å²) in [5, 5.41) is 2.70. The Hall–Kier alpha value is -3.50. The second kappa shape index (κ2) is 9.36. The molecular weight excluding hydrogens is 490 g/mol. The van der Waals surface area contributed by atoms with Crippen molar-refractivity contribution in [3.63, 3.8) is 0 Å². The van der Waals surface area contributed by atoms with Gasteiger partial charge in [0, 0.05) is 12.2 Å². The zero-order valence-corrected chi connectivity index (χ0v) is 22.4. The number of urea groups is 1. The van der Waals surface area contributed by atoms with E-state index in [-0.39, 0.29) is 11.9 Å². The average molecular weight is 526 g/mol. The van der Waals surface area contributed by atoms with Crippen LogP contribution in [0.4, 0.5) is 15.3 Å². The summed E-state index contributed by atoms with van der Waals surface area (Å²) in [6.45, 7) is 7.02. The molecule has 1 aliphatic carbocycles. The third-order valence-corrected chi connectivity index (χ3v) is 7.92. The highest BCUT2D eigenvalue weighted by Gasteiger charge is 2.68. The van der Waals surface area contributed by atoms with Crippen molar-refractivity contribution in [3.8, 4) is 0 Å². The second-order valence-electron chi connectivity index (χ2n) is 11.8. The molecule has 38 heavy (non-hydrogen) atoms. The van der Waals surface area contributed by atoms with Gasteiger partial charge in [-0.3, -0.25) is 19.4 Å². The zero-order valence-electron chi connectivity index (χ0n) is 22.4. The SMILES string of the molecule is Cc1ccncc1N1C(=O)N(C(=O)[C@@H]2CC[C@@H]3CCCC[C@H](NC(=O)OC(C)(C)C)C(=O)N32)C2(CC2)C1=O. The van der Waals surface area contributed by atoms with Crippen LogP contribution in [-0.2, 0) is 19.1 Å². The standard InChI is InChI=1S/C27H35N5O6/c1-16-11-14-28-15-20(16)31-23(35)27(12-13-27)32(25(31)37)22(34)19-10-9-17-7-5-6-8-18(21(33)30(17)19)29-24(36)38-26(2,3)4/h11,14-15,17-19H,5-10,12-13H2,1-4H3,(H,29,36)/t17-,18-,19-/m0/s1. The number of fused-ring (bicyclic) bond motifs is 1. The summed E-state index contributed by atoms with van der Waals surface area (Å²) < 4.78 is 5.36. The summed E-state index contributed by atoms with van der Waals surface area (Å²) in [5.74, 6) is -1.30. The lowest BCUT2D eigenvalue weighted by Gasteiger charge is -2.36. The summed E-state index contributed by atoms with van der Waals surface area (Å²) in [6.07, 6.45) is 6.94. The first kappa shape index (κ1) is 26.1. The van der Waals surface area contributed by atoms with Gasteiger partial charge in [0.15, 0.2) is 0 Å². The van der Waals surface area contributed by atoms with Gasteiger partial charge >= 0.3 is 12.1 Å². The number of imide groups is 2. The number of carbonyl (C=O) groups excluding carboxylic acids is 5. The molecule has 11 nitrogen and oxygen atoms in total. The first-order valence-electron chi connectivity index (χ1n) is 13.4. The molecule has 1 saturated carbocycles. The van der Waals surface area contributed by atoms with E-state index in [2.05, 4.69) is 10.3 Å². The molecule has 1 spiro atoms. The normalized spacial score (nSPS) is 26.8. The molecule has 3 aliphatic heterocycles. The Labute approximate surface area is 221 Å². The van der Waals surface area contributed by atoms with Crippen LogP contribution < -0.4 is 10.2 Å². The van der Waals surface area contributed by atoms with Gasteiger partial charge in [-0.05, 0) is 77.8 Å². The molecule has 3 saturated heterocycles. The number of pyridine rings is 1. The number of carbonyl (C=O) groups is 5. The van der Waals surface area contributed by atoms with Gasteiger partial charge in [-0.2, -0.15) is 0 Å². The maximum Gasteiger partial charge on any atom is 0.408 e. The van der Waals surface area contributed by atoms with Gasteiger partial charge in [-0.25, -0.2) is 19.4 Å². The third-order valence-electron chi connectivity index (χ3n) is 7.92. The van der Waals surface area contributed by atoms with Gasteiger partial charge in [0.1, 0.15) is 23.2 Å². The number of aromatic nitrogens is 1. The van der Waals surface area contributed by atoms with Gasteiger partial charge in [0.25, 0.3) is 11.8 Å². The van der Waals surface area contributed by atoms with Gasteiger partial charge in [-0.15, -0.1) is 0 Å². The molecule has 0 unspecified atom stereocenters. The van der Waals surface area contributed by atoms with E-state index < -0.39 is 47.2 Å². The third kappa shape index (κ3) is 4.41. The molecule has 4 fully saturated rings. The molecule has 1 aromatic heterocycles. The smallest absolute Gasteiger partial charge is 0.408 e. The minimum absolute atomic E-state index is 0.167. The van der Waals surface area contributed by atoms with Crippen LogP contribution in [0.5, 0.6) is 0 Å². The molecule has 6 amide bonds. The maximum absolute atomic E-state index is 14.0. The number of hydrogen-bond acceptors (Lipinski definition) is 7. The highest BCUT2D eigenvalue weighted by atomic mass is 16.6. The van der Waals surface area contributed by atoms with Crippen LogP contribution in [0.15, 0.2) is 18.5 Å². The largest absolute Gasteiger partial charge is 0.444 e. The molecule has 0 bridgehead atoms. The lowest BCUT2D eigenvalue weighted by molar-refractivity contribution is -0.147. The summed E-state index contributed by atoms with van der Waals surface area (Å²) in [7, 11) is 0. The van der Waals surface area contributed by atoms with E-state index in [1.54, 1.807) is 44.9 Å². The minimum Gasteiger partial charge on any atom is -0.444 e. The fourth-order valence-electron chi connectivity index (χ4n) is 5.94. The van der Waals surface area contributed by atoms with E-state index in [1.165, 1.54) is 6.20 Å². The fourth-order valence-corrected chi connectivity index (χ4v) is 5.94. The van der Waals surface area contributed by atoms with Crippen molar-refractivity contribution in [3.05, 3.63) is 24.0 Å². The second-order valence-corrected chi connectivity index (χ2v) is 11.8. The summed E-state index contributed by atoms with van der Waals surface area (Å²) in [5.41, 5.74) is -0.863. The lowest BCUT2D eigenvalue weighted by Crippen LogP contribution is -2.58. The molecular formula is C27H35N5O6. The highest BCUT2D eigenvalue weighted by molar-refractivity contribution is 6.29. The zero-order chi connectivity index (χ0) is 27.4. The number of nitrogens with one attached hydrogen (secondary N) is 1. The van der Waals surface area contributed by atoms with Crippen LogP contribution in [0.1, 0.15) is 77.7 Å². The topological polar surface area (TPSA) is 129 Å². The van der Waals surface area contributed by atoms with Gasteiger partial charge < -0.3 is 15.0 Å². The summed E-state index contributed by atoms with van der Waals surface area (Å²) >= 11 is 0. The molecule has 4 heterocycles. The molecule has 5 rings (SSSR count). The Bertz CT molecular complexity index is 1190. The predicted octanol–water partition coefficient (Wildman–Crippen LogP) is 3.04. The number of amides is 6. The van der Waals surface area contributed by atoms with E-state index in [0.717, 1.165) is 29.1 Å². The molecule has 3 atom stereocenters. The molecule has 204 valence electrons. The average Bonchev–Trinajstić information content (AvgIpc) is 3.46. The number of hydrogen-bond donors (Lipinski definition) is 1. The molecule has 4 aliphatic rings. The lowest BCUT2D eigenvalue weighted by atomic mass is 9.99.